The zero-order valence-corrected chi connectivity index (χ0v) is 24.2. The van der Waals surface area contributed by atoms with Crippen LogP contribution in [0.3, 0.4) is 0 Å². The fourth-order valence-corrected chi connectivity index (χ4v) is 6.60. The van der Waals surface area contributed by atoms with E-state index in [4.69, 9.17) is 9.52 Å². The zero-order chi connectivity index (χ0) is 30.6. The van der Waals surface area contributed by atoms with E-state index in [1.807, 2.05) is 0 Å². The fraction of sp³-hybridized carbons (Fsp3) is 0.556. The maximum absolute atomic E-state index is 14.1. The first kappa shape index (κ1) is 29.5. The monoisotopic (exact) mass is 625 g/mol. The number of halogens is 4. The van der Waals surface area contributed by atoms with Gasteiger partial charge < -0.3 is 19.3 Å². The maximum atomic E-state index is 14.1. The van der Waals surface area contributed by atoms with Crippen molar-refractivity contribution in [1.82, 2.24) is 20.2 Å². The van der Waals surface area contributed by atoms with E-state index in [2.05, 4.69) is 29.8 Å². The second kappa shape index (κ2) is 10.6. The van der Waals surface area contributed by atoms with Crippen LogP contribution < -0.4 is 14.5 Å². The molecule has 1 aliphatic carbocycles. The Morgan fingerprint density at radius 1 is 0.953 bits per heavy atom. The van der Waals surface area contributed by atoms with Crippen LogP contribution >= 0.6 is 0 Å². The maximum Gasteiger partial charge on any atom is 0.271 e. The summed E-state index contributed by atoms with van der Waals surface area (Å²) in [5.41, 5.74) is 2.33. The van der Waals surface area contributed by atoms with Gasteiger partial charge in [-0.05, 0) is 62.3 Å². The quantitative estimate of drug-likeness (QED) is 0.352. The predicted molar refractivity (Wildman–Crippen MR) is 150 cm³/mol. The third-order valence-corrected chi connectivity index (χ3v) is 9.38. The van der Waals surface area contributed by atoms with Crippen LogP contribution in [0.15, 0.2) is 28.7 Å². The Labute approximate surface area is 245 Å². The molecule has 6 rings (SSSR count). The Kier molecular flexibility index (Phi) is 7.26. The highest BCUT2D eigenvalue weighted by Crippen LogP contribution is 2.54. The molecule has 3 aromatic rings. The van der Waals surface area contributed by atoms with E-state index >= 15 is 0 Å². The van der Waals surface area contributed by atoms with Crippen molar-refractivity contribution in [2.45, 2.75) is 50.9 Å². The molecule has 3 fully saturated rings. The molecule has 16 heteroatoms. The zero-order valence-electron chi connectivity index (χ0n) is 23.4. The van der Waals surface area contributed by atoms with E-state index in [1.165, 1.54) is 18.9 Å². The van der Waals surface area contributed by atoms with E-state index in [0.29, 0.717) is 28.0 Å². The topological polar surface area (TPSA) is 138 Å². The number of piperidine rings is 2. The van der Waals surface area contributed by atoms with Gasteiger partial charge in [-0.15, -0.1) is 10.2 Å². The number of nitrogens with zero attached hydrogens (tertiary/aromatic N) is 6. The fourth-order valence-electron chi connectivity index (χ4n) is 5.77. The molecule has 2 saturated heterocycles. The van der Waals surface area contributed by atoms with Crippen LogP contribution in [0.4, 0.5) is 34.9 Å². The second-order valence-electron chi connectivity index (χ2n) is 11.7. The standard InChI is InChI=1S/C27H31F4N7O4S/c1-17-12-20(33-24(32-17)38-15-26(28,29)14-27(30,31)16-38)23-35-34-22(42-23)19-3-2-18(36-43(40,41)11-10-39)13-21(19)37-8-6-25(4-5-25)7-9-37/h2-3,12-13,36,39H,4-11,14-16H2,1H3. The number of aliphatic hydroxyl groups is 1. The van der Waals surface area contributed by atoms with E-state index in [-0.39, 0.29) is 23.4 Å². The number of benzene rings is 1. The van der Waals surface area contributed by atoms with E-state index in [1.54, 1.807) is 25.1 Å². The van der Waals surface area contributed by atoms with Crippen molar-refractivity contribution in [3.05, 3.63) is 30.0 Å². The van der Waals surface area contributed by atoms with Crippen molar-refractivity contribution >= 4 is 27.3 Å². The number of hydrogen-bond acceptors (Lipinski definition) is 10. The molecule has 4 heterocycles. The second-order valence-corrected chi connectivity index (χ2v) is 13.6. The van der Waals surface area contributed by atoms with Gasteiger partial charge in [0.25, 0.3) is 17.7 Å². The summed E-state index contributed by atoms with van der Waals surface area (Å²) in [6.07, 6.45) is 2.87. The number of hydrogen-bond donors (Lipinski definition) is 2. The molecule has 232 valence electrons. The summed E-state index contributed by atoms with van der Waals surface area (Å²) >= 11 is 0. The predicted octanol–water partition coefficient (Wildman–Crippen LogP) is 4.10. The van der Waals surface area contributed by atoms with Crippen LogP contribution in [-0.4, -0.2) is 84.1 Å². The highest BCUT2D eigenvalue weighted by Gasteiger charge is 2.51. The van der Waals surface area contributed by atoms with Gasteiger partial charge in [0.2, 0.25) is 21.9 Å². The van der Waals surface area contributed by atoms with Crippen molar-refractivity contribution < 1.29 is 35.5 Å². The first-order chi connectivity index (χ1) is 20.2. The first-order valence-corrected chi connectivity index (χ1v) is 15.6. The molecule has 2 N–H and O–H groups in total. The van der Waals surface area contributed by atoms with Gasteiger partial charge in [0.05, 0.1) is 48.8 Å². The molecule has 0 bridgehead atoms. The molecular weight excluding hydrogens is 594 g/mol. The summed E-state index contributed by atoms with van der Waals surface area (Å²) in [6.45, 7) is 0.654. The first-order valence-electron chi connectivity index (χ1n) is 14.0. The lowest BCUT2D eigenvalue weighted by molar-refractivity contribution is -0.122. The average molecular weight is 626 g/mol. The Morgan fingerprint density at radius 3 is 2.28 bits per heavy atom. The van der Waals surface area contributed by atoms with E-state index in [9.17, 15) is 26.0 Å². The molecule has 2 aromatic heterocycles. The number of alkyl halides is 4. The summed E-state index contributed by atoms with van der Waals surface area (Å²) in [4.78, 5) is 11.2. The normalized spacial score (nSPS) is 20.8. The number of nitrogens with one attached hydrogen (secondary N) is 1. The summed E-state index contributed by atoms with van der Waals surface area (Å²) in [6, 6.07) is 6.37. The van der Waals surface area contributed by atoms with E-state index in [0.717, 1.165) is 30.8 Å². The van der Waals surface area contributed by atoms with Crippen molar-refractivity contribution in [3.63, 3.8) is 0 Å². The number of rotatable bonds is 8. The molecule has 1 saturated carbocycles. The molecule has 0 amide bonds. The van der Waals surface area contributed by atoms with Gasteiger partial charge >= 0.3 is 0 Å². The van der Waals surface area contributed by atoms with Crippen molar-refractivity contribution in [2.24, 2.45) is 5.41 Å². The van der Waals surface area contributed by atoms with E-state index < -0.39 is 53.7 Å². The number of sulfonamides is 1. The molecule has 11 nitrogen and oxygen atoms in total. The van der Waals surface area contributed by atoms with Gasteiger partial charge in [-0.2, -0.15) is 0 Å². The number of aromatic nitrogens is 4. The molecule has 2 aliphatic heterocycles. The summed E-state index contributed by atoms with van der Waals surface area (Å²) < 4.78 is 89.4. The molecule has 1 aromatic carbocycles. The van der Waals surface area contributed by atoms with Gasteiger partial charge in [0.15, 0.2) is 0 Å². The molecule has 0 unspecified atom stereocenters. The van der Waals surface area contributed by atoms with Gasteiger partial charge in [-0.25, -0.2) is 35.9 Å². The van der Waals surface area contributed by atoms with Crippen LogP contribution in [0.2, 0.25) is 0 Å². The third-order valence-electron chi connectivity index (χ3n) is 8.11. The summed E-state index contributed by atoms with van der Waals surface area (Å²) in [5.74, 6) is -7.93. The Hall–Kier alpha value is -3.53. The minimum absolute atomic E-state index is 0.0634. The molecule has 3 aliphatic rings. The molecule has 43 heavy (non-hydrogen) atoms. The van der Waals surface area contributed by atoms with Crippen LogP contribution in [0.1, 0.15) is 37.8 Å². The van der Waals surface area contributed by atoms with Crippen LogP contribution in [0, 0.1) is 12.3 Å². The van der Waals surface area contributed by atoms with Crippen molar-refractivity contribution in [3.8, 4) is 23.0 Å². The van der Waals surface area contributed by atoms with Crippen LogP contribution in [0.5, 0.6) is 0 Å². The third kappa shape index (κ3) is 6.54. The van der Waals surface area contributed by atoms with Gasteiger partial charge in [-0.1, -0.05) is 0 Å². The highest BCUT2D eigenvalue weighted by atomic mass is 32.2. The minimum Gasteiger partial charge on any atom is -0.415 e. The van der Waals surface area contributed by atoms with Gasteiger partial charge in [-0.3, -0.25) is 4.72 Å². The Morgan fingerprint density at radius 2 is 1.63 bits per heavy atom. The lowest BCUT2D eigenvalue weighted by Gasteiger charge is -2.37. The van der Waals surface area contributed by atoms with Crippen LogP contribution in [0.25, 0.3) is 23.0 Å². The smallest absolute Gasteiger partial charge is 0.271 e. The molecule has 1 spiro atoms. The largest absolute Gasteiger partial charge is 0.415 e. The lowest BCUT2D eigenvalue weighted by atomic mass is 9.93. The number of anilines is 3. The summed E-state index contributed by atoms with van der Waals surface area (Å²) in [5, 5.41) is 17.4. The molecular formula is C27H31F4N7O4S. The van der Waals surface area contributed by atoms with Gasteiger partial charge in [0, 0.05) is 18.8 Å². The van der Waals surface area contributed by atoms with Gasteiger partial charge in [0.1, 0.15) is 5.69 Å². The van der Waals surface area contributed by atoms with Crippen molar-refractivity contribution in [2.75, 3.05) is 53.1 Å². The lowest BCUT2D eigenvalue weighted by Crippen LogP contribution is -2.53. The Balaban J connectivity index is 1.32. The molecule has 0 atom stereocenters. The number of aryl methyl sites for hydroxylation is 1. The highest BCUT2D eigenvalue weighted by molar-refractivity contribution is 7.92. The summed E-state index contributed by atoms with van der Waals surface area (Å²) in [7, 11) is -3.76. The Bertz CT molecular complexity index is 1600. The van der Waals surface area contributed by atoms with Crippen LogP contribution in [-0.2, 0) is 10.0 Å². The number of aliphatic hydroxyl groups excluding tert-OH is 1. The molecule has 0 radical (unpaired) electrons. The SMILES string of the molecule is Cc1cc(-c2nnc(-c3ccc(NS(=O)(=O)CCO)cc3N3CCC4(CC3)CC4)o2)nc(N2CC(F)(F)CC(F)(F)C2)n1. The average Bonchev–Trinajstić information content (AvgIpc) is 3.46. The minimum atomic E-state index is -3.76. The van der Waals surface area contributed by atoms with Crippen molar-refractivity contribution in [1.29, 1.82) is 0 Å².